The van der Waals surface area contributed by atoms with Crippen molar-refractivity contribution in [3.05, 3.63) is 59.6 Å². The Balaban J connectivity index is 1.68. The van der Waals surface area contributed by atoms with Gasteiger partial charge >= 0.3 is 0 Å². The first-order valence-electron chi connectivity index (χ1n) is 8.63. The topological polar surface area (TPSA) is 38.9 Å². The summed E-state index contributed by atoms with van der Waals surface area (Å²) >= 11 is 0. The fourth-order valence-corrected chi connectivity index (χ4v) is 3.73. The quantitative estimate of drug-likeness (QED) is 0.705. The average Bonchev–Trinajstić information content (AvgIpc) is 3.32. The van der Waals surface area contributed by atoms with E-state index in [0.29, 0.717) is 23.5 Å². The van der Waals surface area contributed by atoms with Gasteiger partial charge in [0.25, 0.3) is 0 Å². The van der Waals surface area contributed by atoms with Crippen LogP contribution in [0.2, 0.25) is 0 Å². The van der Waals surface area contributed by atoms with Crippen molar-refractivity contribution >= 4 is 11.9 Å². The molecule has 7 heteroatoms. The zero-order chi connectivity index (χ0) is 17.8. The summed E-state index contributed by atoms with van der Waals surface area (Å²) in [6.07, 6.45) is 9.43. The van der Waals surface area contributed by atoms with E-state index in [2.05, 4.69) is 9.55 Å². The molecule has 0 spiro atoms. The number of aryl methyl sites for hydroxylation is 2. The first kappa shape index (κ1) is 15.3. The highest BCUT2D eigenvalue weighted by atomic mass is 19.1. The summed E-state index contributed by atoms with van der Waals surface area (Å²) in [5.74, 6) is 1.54. The molecule has 0 N–H and O–H groups in total. The van der Waals surface area contributed by atoms with Crippen LogP contribution in [0.1, 0.15) is 23.6 Å². The van der Waals surface area contributed by atoms with Crippen LogP contribution >= 0.6 is 0 Å². The molecule has 4 heterocycles. The highest BCUT2D eigenvalue weighted by Crippen LogP contribution is 2.38. The second kappa shape index (κ2) is 5.52. The van der Waals surface area contributed by atoms with E-state index in [4.69, 9.17) is 4.98 Å². The van der Waals surface area contributed by atoms with E-state index >= 15 is 0 Å². The van der Waals surface area contributed by atoms with Crippen LogP contribution < -0.4 is 4.90 Å². The lowest BCUT2D eigenvalue weighted by atomic mass is 10.1. The molecule has 2 aromatic heterocycles. The Morgan fingerprint density at radius 1 is 1.15 bits per heavy atom. The van der Waals surface area contributed by atoms with Gasteiger partial charge in [0.15, 0.2) is 0 Å². The summed E-state index contributed by atoms with van der Waals surface area (Å²) in [4.78, 5) is 11.0. The number of nitrogens with zero attached hydrogens (tertiary/aromatic N) is 5. The molecule has 2 aliphatic rings. The first-order chi connectivity index (χ1) is 12.6. The summed E-state index contributed by atoms with van der Waals surface area (Å²) in [7, 11) is 0. The van der Waals surface area contributed by atoms with Crippen LogP contribution in [0.3, 0.4) is 0 Å². The smallest absolute Gasteiger partial charge is 0.142 e. The van der Waals surface area contributed by atoms with E-state index in [1.807, 2.05) is 27.9 Å². The molecule has 3 aromatic rings. The van der Waals surface area contributed by atoms with E-state index < -0.39 is 11.6 Å². The molecular weight excluding hydrogens is 336 g/mol. The summed E-state index contributed by atoms with van der Waals surface area (Å²) in [5, 5.41) is 0. The fourth-order valence-electron chi connectivity index (χ4n) is 3.73. The van der Waals surface area contributed by atoms with E-state index in [1.54, 1.807) is 19.2 Å². The van der Waals surface area contributed by atoms with Crippen LogP contribution in [0.4, 0.5) is 14.6 Å². The van der Waals surface area contributed by atoms with Crippen molar-refractivity contribution in [2.24, 2.45) is 0 Å². The number of aromatic nitrogens is 4. The van der Waals surface area contributed by atoms with Gasteiger partial charge in [-0.3, -0.25) is 0 Å². The molecule has 132 valence electrons. The Labute approximate surface area is 149 Å². The number of hydrogen-bond acceptors (Lipinski definition) is 3. The van der Waals surface area contributed by atoms with Gasteiger partial charge in [-0.05, 0) is 31.1 Å². The van der Waals surface area contributed by atoms with Gasteiger partial charge in [-0.1, -0.05) is 0 Å². The third-order valence-electron chi connectivity index (χ3n) is 5.03. The van der Waals surface area contributed by atoms with E-state index in [1.165, 1.54) is 0 Å². The summed E-state index contributed by atoms with van der Waals surface area (Å²) < 4.78 is 32.5. The van der Waals surface area contributed by atoms with Crippen molar-refractivity contribution in [1.82, 2.24) is 19.1 Å². The normalized spacial score (nSPS) is 15.4. The Morgan fingerprint density at radius 2 is 2.04 bits per heavy atom. The molecule has 5 rings (SSSR count). The zero-order valence-electron chi connectivity index (χ0n) is 14.3. The van der Waals surface area contributed by atoms with Crippen LogP contribution in [0.5, 0.6) is 0 Å². The van der Waals surface area contributed by atoms with Crippen molar-refractivity contribution in [2.75, 3.05) is 4.90 Å². The Hall–Kier alpha value is -2.96. The van der Waals surface area contributed by atoms with Crippen LogP contribution in [0, 0.1) is 18.6 Å². The van der Waals surface area contributed by atoms with Gasteiger partial charge in [-0.25, -0.2) is 18.7 Å². The number of halogens is 2. The Bertz CT molecular complexity index is 1050. The standard InChI is InChI=1S/C19H17F2N5/c1-12-9-13(15(21)10-14(12)20)18-19(26-6-2-3-17(26)23-18)25-7-4-16-22-5-8-24(16)11-25/h4-5,7-10H,2-3,6,11H2,1H3. The van der Waals surface area contributed by atoms with Gasteiger partial charge in [-0.15, -0.1) is 0 Å². The van der Waals surface area contributed by atoms with E-state index in [0.717, 1.165) is 42.9 Å². The molecule has 0 aliphatic carbocycles. The lowest BCUT2D eigenvalue weighted by Gasteiger charge is -2.26. The van der Waals surface area contributed by atoms with Crippen molar-refractivity contribution in [1.29, 1.82) is 0 Å². The number of anilines is 1. The molecule has 0 atom stereocenters. The number of rotatable bonds is 2. The van der Waals surface area contributed by atoms with Crippen molar-refractivity contribution in [3.8, 4) is 11.3 Å². The number of benzene rings is 1. The highest BCUT2D eigenvalue weighted by molar-refractivity contribution is 5.76. The van der Waals surface area contributed by atoms with Crippen LogP contribution in [0.25, 0.3) is 17.3 Å². The largest absolute Gasteiger partial charge is 0.314 e. The maximum atomic E-state index is 14.6. The molecule has 1 aromatic carbocycles. The van der Waals surface area contributed by atoms with Crippen molar-refractivity contribution in [3.63, 3.8) is 0 Å². The Morgan fingerprint density at radius 3 is 2.92 bits per heavy atom. The maximum Gasteiger partial charge on any atom is 0.142 e. The number of hydrogen-bond donors (Lipinski definition) is 0. The van der Waals surface area contributed by atoms with Gasteiger partial charge in [-0.2, -0.15) is 0 Å². The minimum atomic E-state index is -0.588. The molecule has 0 saturated heterocycles. The molecule has 26 heavy (non-hydrogen) atoms. The summed E-state index contributed by atoms with van der Waals surface area (Å²) in [6, 6.07) is 2.49. The van der Waals surface area contributed by atoms with Gasteiger partial charge in [0, 0.05) is 43.2 Å². The van der Waals surface area contributed by atoms with Gasteiger partial charge in [0.1, 0.15) is 41.5 Å². The van der Waals surface area contributed by atoms with Gasteiger partial charge < -0.3 is 14.0 Å². The molecule has 0 unspecified atom stereocenters. The molecular formula is C19H17F2N5. The van der Waals surface area contributed by atoms with Crippen molar-refractivity contribution in [2.45, 2.75) is 33.0 Å². The average molecular weight is 353 g/mol. The Kier molecular flexibility index (Phi) is 3.25. The molecule has 2 aliphatic heterocycles. The maximum absolute atomic E-state index is 14.6. The third kappa shape index (κ3) is 2.20. The number of fused-ring (bicyclic) bond motifs is 2. The third-order valence-corrected chi connectivity index (χ3v) is 5.03. The summed E-state index contributed by atoms with van der Waals surface area (Å²) in [6.45, 7) is 3.06. The fraction of sp³-hybridized carbons (Fsp3) is 0.263. The molecule has 0 bridgehead atoms. The van der Waals surface area contributed by atoms with Crippen molar-refractivity contribution < 1.29 is 8.78 Å². The minimum Gasteiger partial charge on any atom is -0.314 e. The number of imidazole rings is 2. The van der Waals surface area contributed by atoms with E-state index in [9.17, 15) is 8.78 Å². The summed E-state index contributed by atoms with van der Waals surface area (Å²) in [5.41, 5.74) is 1.31. The van der Waals surface area contributed by atoms with Gasteiger partial charge in [0.2, 0.25) is 0 Å². The predicted octanol–water partition coefficient (Wildman–Crippen LogP) is 3.73. The second-order valence-corrected chi connectivity index (χ2v) is 6.72. The SMILES string of the molecule is Cc1cc(-c2nc3n(c2N2C=Cc4nccn4C2)CCC3)c(F)cc1F. The molecule has 0 saturated carbocycles. The molecule has 0 amide bonds. The first-order valence-corrected chi connectivity index (χ1v) is 8.63. The second-order valence-electron chi connectivity index (χ2n) is 6.72. The van der Waals surface area contributed by atoms with Crippen LogP contribution in [-0.4, -0.2) is 19.1 Å². The minimum absolute atomic E-state index is 0.339. The van der Waals surface area contributed by atoms with Gasteiger partial charge in [0.05, 0.1) is 0 Å². The zero-order valence-corrected chi connectivity index (χ0v) is 14.3. The molecule has 5 nitrogen and oxygen atoms in total. The lowest BCUT2D eigenvalue weighted by molar-refractivity contribution is 0.579. The lowest BCUT2D eigenvalue weighted by Crippen LogP contribution is -2.26. The van der Waals surface area contributed by atoms with E-state index in [-0.39, 0.29) is 0 Å². The molecule has 0 fully saturated rings. The molecule has 0 radical (unpaired) electrons. The van der Waals surface area contributed by atoms with Crippen LogP contribution in [0.15, 0.2) is 30.7 Å². The monoisotopic (exact) mass is 353 g/mol. The predicted molar refractivity (Wildman–Crippen MR) is 94.4 cm³/mol. The van der Waals surface area contributed by atoms with Crippen LogP contribution in [-0.2, 0) is 19.6 Å². The highest BCUT2D eigenvalue weighted by Gasteiger charge is 2.28.